The van der Waals surface area contributed by atoms with Gasteiger partial charge in [0.05, 0.1) is 11.4 Å². The standard InChI is InChI=1S/C26H20BrN/c1-3-25(23-12-6-4-9-19(23)2)28(22-17-15-21(27)16-18-22)26-14-8-11-20-10-5-7-13-24(20)26/h3-18H,1-2H2/b25-23+. The van der Waals surface area contributed by atoms with E-state index in [2.05, 4.69) is 107 Å². The second-order valence-corrected chi connectivity index (χ2v) is 7.47. The van der Waals surface area contributed by atoms with E-state index >= 15 is 0 Å². The zero-order valence-corrected chi connectivity index (χ0v) is 17.1. The lowest BCUT2D eigenvalue weighted by Gasteiger charge is -2.28. The number of fused-ring (bicyclic) bond motifs is 1. The molecule has 2 heteroatoms. The quantitative estimate of drug-likeness (QED) is 0.379. The Hall–Kier alpha value is -3.10. The van der Waals surface area contributed by atoms with Crippen LogP contribution in [0.25, 0.3) is 23.0 Å². The minimum Gasteiger partial charge on any atom is -0.309 e. The number of anilines is 2. The van der Waals surface area contributed by atoms with Gasteiger partial charge in [-0.25, -0.2) is 0 Å². The number of rotatable bonds is 4. The summed E-state index contributed by atoms with van der Waals surface area (Å²) in [6, 6.07) is 31.4. The summed E-state index contributed by atoms with van der Waals surface area (Å²) in [4.78, 5) is 2.26. The molecule has 0 aliphatic heterocycles. The second-order valence-electron chi connectivity index (χ2n) is 6.56. The minimum absolute atomic E-state index is 0.972. The summed E-state index contributed by atoms with van der Waals surface area (Å²) in [5, 5.41) is 4.43. The Labute approximate surface area is 173 Å². The number of halogens is 1. The van der Waals surface area contributed by atoms with Gasteiger partial charge < -0.3 is 4.90 Å². The molecule has 0 amide bonds. The maximum absolute atomic E-state index is 4.23. The molecule has 136 valence electrons. The molecule has 0 aromatic heterocycles. The van der Waals surface area contributed by atoms with E-state index < -0.39 is 0 Å². The van der Waals surface area contributed by atoms with Crippen LogP contribution in [0, 0.1) is 0 Å². The number of benzene rings is 4. The largest absolute Gasteiger partial charge is 0.309 e. The predicted octanol–water partition coefficient (Wildman–Crippen LogP) is 6.15. The maximum atomic E-state index is 4.23. The minimum atomic E-state index is 0.972. The molecule has 4 rings (SSSR count). The van der Waals surface area contributed by atoms with Crippen LogP contribution >= 0.6 is 15.9 Å². The Bertz CT molecular complexity index is 1250. The number of nitrogens with zero attached hydrogens (tertiary/aromatic N) is 1. The van der Waals surface area contributed by atoms with Crippen molar-refractivity contribution in [2.75, 3.05) is 4.90 Å². The summed E-state index contributed by atoms with van der Waals surface area (Å²) in [5.41, 5.74) is 3.18. The molecule has 0 aliphatic rings. The first-order chi connectivity index (χ1) is 13.7. The molecular weight excluding hydrogens is 406 g/mol. The highest BCUT2D eigenvalue weighted by molar-refractivity contribution is 9.10. The molecular formula is C26H20BrN. The third-order valence-corrected chi connectivity index (χ3v) is 5.35. The molecule has 0 spiro atoms. The molecule has 4 aromatic rings. The van der Waals surface area contributed by atoms with Gasteiger partial charge in [0.1, 0.15) is 0 Å². The van der Waals surface area contributed by atoms with E-state index in [-0.39, 0.29) is 0 Å². The van der Waals surface area contributed by atoms with Crippen LogP contribution in [0.2, 0.25) is 0 Å². The van der Waals surface area contributed by atoms with Crippen LogP contribution in [0.1, 0.15) is 0 Å². The molecule has 1 nitrogen and oxygen atoms in total. The lowest BCUT2D eigenvalue weighted by atomic mass is 10.1. The molecule has 0 bridgehead atoms. The lowest BCUT2D eigenvalue weighted by molar-refractivity contribution is 1.30. The van der Waals surface area contributed by atoms with Gasteiger partial charge in [0, 0.05) is 20.8 Å². The summed E-state index contributed by atoms with van der Waals surface area (Å²) in [7, 11) is 0. The molecule has 28 heavy (non-hydrogen) atoms. The molecule has 0 saturated carbocycles. The summed E-state index contributed by atoms with van der Waals surface area (Å²) >= 11 is 3.55. The molecule has 0 heterocycles. The van der Waals surface area contributed by atoms with Gasteiger partial charge in [-0.05, 0) is 47.0 Å². The Balaban J connectivity index is 2.10. The van der Waals surface area contributed by atoms with Gasteiger partial charge in [-0.2, -0.15) is 0 Å². The Morgan fingerprint density at radius 2 is 1.46 bits per heavy atom. The number of hydrogen-bond donors (Lipinski definition) is 0. The molecule has 0 fully saturated rings. The van der Waals surface area contributed by atoms with Gasteiger partial charge >= 0.3 is 0 Å². The topological polar surface area (TPSA) is 3.24 Å². The van der Waals surface area contributed by atoms with Crippen molar-refractivity contribution in [3.05, 3.63) is 119 Å². The first-order valence-electron chi connectivity index (χ1n) is 9.13. The fourth-order valence-electron chi connectivity index (χ4n) is 3.49. The zero-order valence-electron chi connectivity index (χ0n) is 15.5. The second kappa shape index (κ2) is 7.87. The van der Waals surface area contributed by atoms with Crippen molar-refractivity contribution in [2.45, 2.75) is 0 Å². The SMILES string of the molecule is C=C/C(=c1/ccccc1=C)N(c1ccc(Br)cc1)c1cccc2ccccc12. The molecule has 0 N–H and O–H groups in total. The van der Waals surface area contributed by atoms with Crippen LogP contribution in [-0.4, -0.2) is 0 Å². The zero-order chi connectivity index (χ0) is 19.5. The van der Waals surface area contributed by atoms with Gasteiger partial charge in [-0.15, -0.1) is 0 Å². The Kier molecular flexibility index (Phi) is 5.14. The molecule has 4 aromatic carbocycles. The average molecular weight is 426 g/mol. The van der Waals surface area contributed by atoms with Crippen LogP contribution in [-0.2, 0) is 0 Å². The molecule has 0 unspecified atom stereocenters. The van der Waals surface area contributed by atoms with Gasteiger partial charge in [0.15, 0.2) is 0 Å². The fraction of sp³-hybridized carbons (Fsp3) is 0. The maximum Gasteiger partial charge on any atom is 0.0540 e. The van der Waals surface area contributed by atoms with E-state index in [1.807, 2.05) is 24.3 Å². The highest BCUT2D eigenvalue weighted by Gasteiger charge is 2.16. The highest BCUT2D eigenvalue weighted by Crippen LogP contribution is 2.36. The third kappa shape index (κ3) is 3.39. The van der Waals surface area contributed by atoms with Gasteiger partial charge in [-0.1, -0.05) is 89.8 Å². The lowest BCUT2D eigenvalue weighted by Crippen LogP contribution is -2.31. The van der Waals surface area contributed by atoms with Crippen molar-refractivity contribution >= 4 is 50.4 Å². The van der Waals surface area contributed by atoms with E-state index in [9.17, 15) is 0 Å². The van der Waals surface area contributed by atoms with Crippen molar-refractivity contribution in [1.29, 1.82) is 0 Å². The van der Waals surface area contributed by atoms with E-state index in [1.54, 1.807) is 0 Å². The predicted molar refractivity (Wildman–Crippen MR) is 125 cm³/mol. The van der Waals surface area contributed by atoms with E-state index in [1.165, 1.54) is 10.8 Å². The Morgan fingerprint density at radius 1 is 0.786 bits per heavy atom. The van der Waals surface area contributed by atoms with E-state index in [0.717, 1.165) is 32.0 Å². The van der Waals surface area contributed by atoms with E-state index in [4.69, 9.17) is 0 Å². The van der Waals surface area contributed by atoms with Gasteiger partial charge in [-0.3, -0.25) is 0 Å². The average Bonchev–Trinajstić information content (AvgIpc) is 2.73. The fourth-order valence-corrected chi connectivity index (χ4v) is 3.76. The van der Waals surface area contributed by atoms with Crippen LogP contribution in [0.5, 0.6) is 0 Å². The third-order valence-electron chi connectivity index (χ3n) is 4.82. The summed E-state index contributed by atoms with van der Waals surface area (Å²) in [6.45, 7) is 8.37. The van der Waals surface area contributed by atoms with Crippen molar-refractivity contribution in [3.8, 4) is 0 Å². The Morgan fingerprint density at radius 3 is 2.21 bits per heavy atom. The van der Waals surface area contributed by atoms with Crippen LogP contribution in [0.4, 0.5) is 11.4 Å². The normalized spacial score (nSPS) is 11.9. The number of hydrogen-bond acceptors (Lipinski definition) is 1. The van der Waals surface area contributed by atoms with Crippen LogP contribution < -0.4 is 15.3 Å². The smallest absolute Gasteiger partial charge is 0.0540 e. The molecule has 0 aliphatic carbocycles. The molecule has 0 atom stereocenters. The summed E-state index contributed by atoms with van der Waals surface area (Å²) < 4.78 is 1.05. The molecule has 0 saturated heterocycles. The first kappa shape index (κ1) is 18.3. The van der Waals surface area contributed by atoms with Crippen molar-refractivity contribution in [1.82, 2.24) is 0 Å². The van der Waals surface area contributed by atoms with Crippen molar-refractivity contribution < 1.29 is 0 Å². The first-order valence-corrected chi connectivity index (χ1v) is 9.92. The monoisotopic (exact) mass is 425 g/mol. The highest BCUT2D eigenvalue weighted by atomic mass is 79.9. The van der Waals surface area contributed by atoms with Crippen molar-refractivity contribution in [2.24, 2.45) is 0 Å². The molecule has 0 radical (unpaired) electrons. The van der Waals surface area contributed by atoms with Crippen LogP contribution in [0.3, 0.4) is 0 Å². The van der Waals surface area contributed by atoms with Gasteiger partial charge in [0.25, 0.3) is 0 Å². The van der Waals surface area contributed by atoms with Gasteiger partial charge in [0.2, 0.25) is 0 Å². The summed E-state index contributed by atoms with van der Waals surface area (Å²) in [6.07, 6.45) is 1.91. The summed E-state index contributed by atoms with van der Waals surface area (Å²) in [5.74, 6) is 0. The van der Waals surface area contributed by atoms with Crippen molar-refractivity contribution in [3.63, 3.8) is 0 Å². The van der Waals surface area contributed by atoms with E-state index in [0.29, 0.717) is 0 Å². The van der Waals surface area contributed by atoms with Crippen LogP contribution in [0.15, 0.2) is 108 Å².